The van der Waals surface area contributed by atoms with E-state index in [1.165, 1.54) is 6.07 Å². The Morgan fingerprint density at radius 1 is 1.10 bits per heavy atom. The third kappa shape index (κ3) is 6.87. The minimum absolute atomic E-state index is 0.0973. The Morgan fingerprint density at radius 2 is 1.76 bits per heavy atom. The van der Waals surface area contributed by atoms with Crippen molar-refractivity contribution in [2.75, 3.05) is 6.61 Å². The fourth-order valence-electron chi connectivity index (χ4n) is 2.86. The maximum atomic E-state index is 13.0. The maximum absolute atomic E-state index is 13.0. The van der Waals surface area contributed by atoms with Crippen molar-refractivity contribution in [1.29, 1.82) is 0 Å². The molecule has 1 atom stereocenters. The predicted molar refractivity (Wildman–Crippen MR) is 114 cm³/mol. The lowest BCUT2D eigenvalue weighted by Crippen LogP contribution is -2.52. The van der Waals surface area contributed by atoms with Gasteiger partial charge in [0.05, 0.1) is 11.5 Å². The average Bonchev–Trinajstić information content (AvgIpc) is 2.62. The van der Waals surface area contributed by atoms with Gasteiger partial charge < -0.3 is 10.1 Å². The zero-order valence-electron chi connectivity index (χ0n) is 17.7. The molecular formula is C22H30N2O4S. The van der Waals surface area contributed by atoms with Gasteiger partial charge in [-0.15, -0.1) is 0 Å². The number of ether oxygens (including phenoxy) is 1. The van der Waals surface area contributed by atoms with E-state index in [1.807, 2.05) is 58.0 Å². The van der Waals surface area contributed by atoms with Crippen molar-refractivity contribution in [1.82, 2.24) is 10.0 Å². The maximum Gasteiger partial charge on any atom is 0.241 e. The molecule has 1 amide bonds. The summed E-state index contributed by atoms with van der Waals surface area (Å²) >= 11 is 0. The van der Waals surface area contributed by atoms with Gasteiger partial charge in [-0.2, -0.15) is 4.72 Å². The molecular weight excluding hydrogens is 388 g/mol. The SMILES string of the molecule is CCOc1ccc(S(=O)(=O)N[C@H](Cc2ccccc2)C(=O)NC(C)(C)C)cc1C. The van der Waals surface area contributed by atoms with Crippen LogP contribution >= 0.6 is 0 Å². The van der Waals surface area contributed by atoms with Gasteiger partial charge in [-0.25, -0.2) is 8.42 Å². The summed E-state index contributed by atoms with van der Waals surface area (Å²) < 4.78 is 34.0. The number of carbonyl (C=O) groups is 1. The van der Waals surface area contributed by atoms with Gasteiger partial charge in [0, 0.05) is 5.54 Å². The van der Waals surface area contributed by atoms with E-state index in [0.717, 1.165) is 5.56 Å². The fraction of sp³-hybridized carbons (Fsp3) is 0.409. The normalized spacial score (nSPS) is 13.0. The van der Waals surface area contributed by atoms with Crippen LogP contribution in [0, 0.1) is 6.92 Å². The predicted octanol–water partition coefficient (Wildman–Crippen LogP) is 3.20. The number of hydrogen-bond donors (Lipinski definition) is 2. The van der Waals surface area contributed by atoms with Gasteiger partial charge in [-0.1, -0.05) is 30.3 Å². The van der Waals surface area contributed by atoms with Gasteiger partial charge in [0.1, 0.15) is 11.8 Å². The van der Waals surface area contributed by atoms with Crippen LogP contribution in [0.25, 0.3) is 0 Å². The molecule has 0 spiro atoms. The van der Waals surface area contributed by atoms with Crippen LogP contribution in [0.5, 0.6) is 5.75 Å². The molecule has 0 heterocycles. The Morgan fingerprint density at radius 3 is 2.31 bits per heavy atom. The second kappa shape index (κ2) is 9.41. The standard InChI is InChI=1S/C22H30N2O4S/c1-6-28-20-13-12-18(14-16(20)2)29(26,27)24-19(21(25)23-22(3,4)5)15-17-10-8-7-9-11-17/h7-14,19,24H,6,15H2,1-5H3,(H,23,25)/t19-/m1/s1. The van der Waals surface area contributed by atoms with E-state index in [2.05, 4.69) is 10.0 Å². The topological polar surface area (TPSA) is 84.5 Å². The lowest BCUT2D eigenvalue weighted by atomic mass is 10.0. The molecule has 29 heavy (non-hydrogen) atoms. The summed E-state index contributed by atoms with van der Waals surface area (Å²) in [6.07, 6.45) is 0.248. The molecule has 0 aliphatic rings. The van der Waals surface area contributed by atoms with Crippen molar-refractivity contribution in [2.45, 2.75) is 57.5 Å². The van der Waals surface area contributed by atoms with Crippen LogP contribution < -0.4 is 14.8 Å². The van der Waals surface area contributed by atoms with Crippen LogP contribution in [0.2, 0.25) is 0 Å². The van der Waals surface area contributed by atoms with E-state index in [9.17, 15) is 13.2 Å². The first-order valence-corrected chi connectivity index (χ1v) is 11.1. The summed E-state index contributed by atoms with van der Waals surface area (Å²) in [6.45, 7) is 9.72. The van der Waals surface area contributed by atoms with Gasteiger partial charge >= 0.3 is 0 Å². The molecule has 0 fully saturated rings. The lowest BCUT2D eigenvalue weighted by Gasteiger charge is -2.25. The first-order valence-electron chi connectivity index (χ1n) is 9.63. The smallest absolute Gasteiger partial charge is 0.241 e. The monoisotopic (exact) mass is 418 g/mol. The van der Waals surface area contributed by atoms with Gasteiger partial charge in [-0.3, -0.25) is 4.79 Å². The molecule has 0 saturated carbocycles. The minimum atomic E-state index is -3.90. The molecule has 0 aromatic heterocycles. The summed E-state index contributed by atoms with van der Waals surface area (Å²) in [4.78, 5) is 12.9. The number of sulfonamides is 1. The number of benzene rings is 2. The highest BCUT2D eigenvalue weighted by atomic mass is 32.2. The quantitative estimate of drug-likeness (QED) is 0.689. The van der Waals surface area contributed by atoms with E-state index >= 15 is 0 Å². The summed E-state index contributed by atoms with van der Waals surface area (Å²) in [5.74, 6) is 0.269. The van der Waals surface area contributed by atoms with Crippen LogP contribution in [0.3, 0.4) is 0 Å². The first kappa shape index (κ1) is 22.9. The van der Waals surface area contributed by atoms with E-state index < -0.39 is 21.6 Å². The summed E-state index contributed by atoms with van der Waals surface area (Å²) in [7, 11) is -3.90. The highest BCUT2D eigenvalue weighted by Crippen LogP contribution is 2.22. The molecule has 6 nitrogen and oxygen atoms in total. The molecule has 2 aromatic carbocycles. The third-order valence-corrected chi connectivity index (χ3v) is 5.62. The van der Waals surface area contributed by atoms with E-state index in [4.69, 9.17) is 4.74 Å². The lowest BCUT2D eigenvalue weighted by molar-refractivity contribution is -0.124. The average molecular weight is 419 g/mol. The van der Waals surface area contributed by atoms with Crippen molar-refractivity contribution in [3.8, 4) is 5.75 Å². The number of nitrogens with one attached hydrogen (secondary N) is 2. The summed E-state index contributed by atoms with van der Waals surface area (Å²) in [5, 5.41) is 2.86. The highest BCUT2D eigenvalue weighted by molar-refractivity contribution is 7.89. The second-order valence-electron chi connectivity index (χ2n) is 7.96. The summed E-state index contributed by atoms with van der Waals surface area (Å²) in [5.41, 5.74) is 1.10. The fourth-order valence-corrected chi connectivity index (χ4v) is 4.14. The third-order valence-electron chi connectivity index (χ3n) is 4.15. The Hall–Kier alpha value is -2.38. The van der Waals surface area contributed by atoms with Crippen LogP contribution in [-0.2, 0) is 21.2 Å². The van der Waals surface area contributed by atoms with Crippen molar-refractivity contribution >= 4 is 15.9 Å². The molecule has 2 rings (SSSR count). The molecule has 0 bridgehead atoms. The molecule has 0 aliphatic carbocycles. The number of rotatable bonds is 8. The summed E-state index contributed by atoms with van der Waals surface area (Å²) in [6, 6.07) is 13.1. The molecule has 0 unspecified atom stereocenters. The Bertz CT molecular complexity index is 935. The molecule has 2 N–H and O–H groups in total. The van der Waals surface area contributed by atoms with E-state index in [0.29, 0.717) is 17.9 Å². The number of hydrogen-bond acceptors (Lipinski definition) is 4. The molecule has 0 saturated heterocycles. The van der Waals surface area contributed by atoms with Crippen LogP contribution in [-0.4, -0.2) is 32.5 Å². The molecule has 0 aliphatic heterocycles. The van der Waals surface area contributed by atoms with Crippen molar-refractivity contribution in [3.05, 3.63) is 59.7 Å². The zero-order chi connectivity index (χ0) is 21.7. The van der Waals surface area contributed by atoms with Crippen molar-refractivity contribution in [2.24, 2.45) is 0 Å². The van der Waals surface area contributed by atoms with Crippen LogP contribution in [0.1, 0.15) is 38.8 Å². The van der Waals surface area contributed by atoms with Gasteiger partial charge in [0.25, 0.3) is 0 Å². The number of carbonyl (C=O) groups excluding carboxylic acids is 1. The molecule has 2 aromatic rings. The Balaban J connectivity index is 2.30. The number of amides is 1. The van der Waals surface area contributed by atoms with Crippen LogP contribution in [0.4, 0.5) is 0 Å². The molecule has 0 radical (unpaired) electrons. The van der Waals surface area contributed by atoms with Gasteiger partial charge in [-0.05, 0) is 70.4 Å². The van der Waals surface area contributed by atoms with Crippen LogP contribution in [0.15, 0.2) is 53.4 Å². The van der Waals surface area contributed by atoms with E-state index in [1.54, 1.807) is 19.1 Å². The van der Waals surface area contributed by atoms with Gasteiger partial charge in [0.2, 0.25) is 15.9 Å². The minimum Gasteiger partial charge on any atom is -0.494 e. The largest absolute Gasteiger partial charge is 0.494 e. The Labute approximate surface area is 173 Å². The zero-order valence-corrected chi connectivity index (χ0v) is 18.5. The van der Waals surface area contributed by atoms with Crippen molar-refractivity contribution in [3.63, 3.8) is 0 Å². The van der Waals surface area contributed by atoms with Gasteiger partial charge in [0.15, 0.2) is 0 Å². The highest BCUT2D eigenvalue weighted by Gasteiger charge is 2.28. The Kier molecular flexibility index (Phi) is 7.43. The number of aryl methyl sites for hydroxylation is 1. The van der Waals surface area contributed by atoms with E-state index in [-0.39, 0.29) is 17.2 Å². The molecule has 158 valence electrons. The first-order chi connectivity index (χ1) is 13.5. The van der Waals surface area contributed by atoms with Crippen molar-refractivity contribution < 1.29 is 17.9 Å². The molecule has 7 heteroatoms. The second-order valence-corrected chi connectivity index (χ2v) is 9.68.